The lowest BCUT2D eigenvalue weighted by Gasteiger charge is -2.19. The maximum absolute atomic E-state index is 11.7. The molecular formula is C13H15ClN2O4. The van der Waals surface area contributed by atoms with Gasteiger partial charge in [0.2, 0.25) is 5.91 Å². The largest absolute Gasteiger partial charge is 0.482 e. The first kappa shape index (κ1) is 14.6. The average molecular weight is 299 g/mol. The van der Waals surface area contributed by atoms with Gasteiger partial charge < -0.3 is 20.5 Å². The van der Waals surface area contributed by atoms with E-state index in [1.165, 1.54) is 6.07 Å². The van der Waals surface area contributed by atoms with Crippen LogP contribution >= 0.6 is 11.6 Å². The van der Waals surface area contributed by atoms with Crippen molar-refractivity contribution < 1.29 is 19.4 Å². The molecular weight excluding hydrogens is 284 g/mol. The van der Waals surface area contributed by atoms with Gasteiger partial charge in [-0.3, -0.25) is 9.59 Å². The number of halogens is 1. The van der Waals surface area contributed by atoms with Gasteiger partial charge in [0.15, 0.2) is 6.61 Å². The van der Waals surface area contributed by atoms with Crippen LogP contribution in [0, 0.1) is 0 Å². The fraction of sp³-hybridized carbons (Fsp3) is 0.385. The molecule has 0 bridgehead atoms. The molecule has 7 heteroatoms. The van der Waals surface area contributed by atoms with Crippen molar-refractivity contribution in [1.29, 1.82) is 0 Å². The highest BCUT2D eigenvalue weighted by Gasteiger charge is 2.18. The molecule has 108 valence electrons. The maximum atomic E-state index is 11.7. The molecule has 2 rings (SSSR count). The van der Waals surface area contributed by atoms with Gasteiger partial charge in [-0.05, 0) is 18.9 Å². The number of rotatable bonds is 5. The number of carbonyl (C=O) groups is 2. The van der Waals surface area contributed by atoms with E-state index in [1.54, 1.807) is 6.07 Å². The Hall–Kier alpha value is -1.79. The van der Waals surface area contributed by atoms with Gasteiger partial charge in [-0.25, -0.2) is 0 Å². The van der Waals surface area contributed by atoms with Crippen molar-refractivity contribution in [2.24, 2.45) is 0 Å². The molecule has 1 aromatic rings. The van der Waals surface area contributed by atoms with Gasteiger partial charge >= 0.3 is 0 Å². The van der Waals surface area contributed by atoms with E-state index in [4.69, 9.17) is 21.4 Å². The predicted molar refractivity (Wildman–Crippen MR) is 75.1 cm³/mol. The summed E-state index contributed by atoms with van der Waals surface area (Å²) in [6, 6.07) is 3.12. The molecule has 1 aromatic carbocycles. The van der Waals surface area contributed by atoms with E-state index in [0.29, 0.717) is 41.4 Å². The van der Waals surface area contributed by atoms with Gasteiger partial charge in [-0.1, -0.05) is 11.6 Å². The van der Waals surface area contributed by atoms with E-state index >= 15 is 0 Å². The number of hydrogen-bond acceptors (Lipinski definition) is 4. The van der Waals surface area contributed by atoms with Crippen LogP contribution in [0.3, 0.4) is 0 Å². The van der Waals surface area contributed by atoms with E-state index in [-0.39, 0.29) is 25.0 Å². The second-order valence-electron chi connectivity index (χ2n) is 4.39. The minimum absolute atomic E-state index is 0.0570. The minimum Gasteiger partial charge on any atom is -0.482 e. The minimum atomic E-state index is -0.241. The Kier molecular flexibility index (Phi) is 4.81. The topological polar surface area (TPSA) is 87.7 Å². The first-order valence-electron chi connectivity index (χ1n) is 6.27. The summed E-state index contributed by atoms with van der Waals surface area (Å²) < 4.78 is 5.26. The SMILES string of the molecule is O=C(CCCCO)Nc1cc2c(cc1Cl)NC(=O)CO2. The second-order valence-corrected chi connectivity index (χ2v) is 4.80. The summed E-state index contributed by atoms with van der Waals surface area (Å²) in [5.74, 6) is 0.0501. The fourth-order valence-electron chi connectivity index (χ4n) is 1.81. The molecule has 0 saturated carbocycles. The lowest BCUT2D eigenvalue weighted by molar-refractivity contribution is -0.118. The van der Waals surface area contributed by atoms with Gasteiger partial charge in [-0.15, -0.1) is 0 Å². The maximum Gasteiger partial charge on any atom is 0.262 e. The Bertz CT molecular complexity index is 533. The van der Waals surface area contributed by atoms with Crippen LogP contribution in [0.25, 0.3) is 0 Å². The number of ether oxygens (including phenoxy) is 1. The number of amides is 2. The van der Waals surface area contributed by atoms with E-state index in [9.17, 15) is 9.59 Å². The standard InChI is InChI=1S/C13H15ClN2O4/c14-8-5-10-11(20-7-13(19)16-10)6-9(8)15-12(18)3-1-2-4-17/h5-6,17H,1-4,7H2,(H,15,18)(H,16,19). The summed E-state index contributed by atoms with van der Waals surface area (Å²) in [6.07, 6.45) is 1.50. The van der Waals surface area contributed by atoms with Crippen molar-refractivity contribution in [3.8, 4) is 5.75 Å². The summed E-state index contributed by atoms with van der Waals surface area (Å²) in [5.41, 5.74) is 0.931. The summed E-state index contributed by atoms with van der Waals surface area (Å²) in [4.78, 5) is 22.9. The van der Waals surface area contributed by atoms with Crippen LogP contribution in [0.4, 0.5) is 11.4 Å². The first-order chi connectivity index (χ1) is 9.60. The Balaban J connectivity index is 2.05. The van der Waals surface area contributed by atoms with Crippen LogP contribution in [-0.2, 0) is 9.59 Å². The number of aliphatic hydroxyl groups excluding tert-OH is 1. The van der Waals surface area contributed by atoms with Crippen LogP contribution < -0.4 is 15.4 Å². The molecule has 3 N–H and O–H groups in total. The lowest BCUT2D eigenvalue weighted by Crippen LogP contribution is -2.25. The smallest absolute Gasteiger partial charge is 0.262 e. The predicted octanol–water partition coefficient (Wildman–Crippen LogP) is 1.77. The average Bonchev–Trinajstić information content (AvgIpc) is 2.40. The van der Waals surface area contributed by atoms with Crippen LogP contribution in [0.2, 0.25) is 5.02 Å². The van der Waals surface area contributed by atoms with E-state index < -0.39 is 0 Å². The van der Waals surface area contributed by atoms with E-state index in [0.717, 1.165) is 0 Å². The molecule has 1 aliphatic heterocycles. The molecule has 20 heavy (non-hydrogen) atoms. The van der Waals surface area contributed by atoms with Gasteiger partial charge in [-0.2, -0.15) is 0 Å². The third kappa shape index (κ3) is 3.61. The molecule has 0 radical (unpaired) electrons. The molecule has 6 nitrogen and oxygen atoms in total. The van der Waals surface area contributed by atoms with Crippen LogP contribution in [-0.4, -0.2) is 30.1 Å². The molecule has 1 aliphatic rings. The van der Waals surface area contributed by atoms with Crippen LogP contribution in [0.5, 0.6) is 5.75 Å². The van der Waals surface area contributed by atoms with Gasteiger partial charge in [0.05, 0.1) is 16.4 Å². The Labute approximate surface area is 121 Å². The van der Waals surface area contributed by atoms with Crippen LogP contribution in [0.15, 0.2) is 12.1 Å². The van der Waals surface area contributed by atoms with Crippen LogP contribution in [0.1, 0.15) is 19.3 Å². The zero-order valence-electron chi connectivity index (χ0n) is 10.7. The number of benzene rings is 1. The second kappa shape index (κ2) is 6.58. The molecule has 0 saturated heterocycles. The van der Waals surface area contributed by atoms with Gasteiger partial charge in [0.25, 0.3) is 5.91 Å². The van der Waals surface area contributed by atoms with Gasteiger partial charge in [0.1, 0.15) is 5.75 Å². The summed E-state index contributed by atoms with van der Waals surface area (Å²) in [7, 11) is 0. The lowest BCUT2D eigenvalue weighted by atomic mass is 10.2. The van der Waals surface area contributed by atoms with Crippen molar-refractivity contribution in [1.82, 2.24) is 0 Å². The highest BCUT2D eigenvalue weighted by molar-refractivity contribution is 6.34. The van der Waals surface area contributed by atoms with Crippen molar-refractivity contribution in [3.05, 3.63) is 17.2 Å². The number of unbranched alkanes of at least 4 members (excludes halogenated alkanes) is 1. The molecule has 0 atom stereocenters. The normalized spacial score (nSPS) is 13.2. The summed E-state index contributed by atoms with van der Waals surface area (Å²) in [5, 5.41) is 14.3. The van der Waals surface area contributed by atoms with Crippen molar-refractivity contribution in [2.75, 3.05) is 23.8 Å². The third-order valence-electron chi connectivity index (χ3n) is 2.79. The number of hydrogen-bond donors (Lipinski definition) is 3. The van der Waals surface area contributed by atoms with E-state index in [1.807, 2.05) is 0 Å². The molecule has 1 heterocycles. The quantitative estimate of drug-likeness (QED) is 0.723. The Morgan fingerprint density at radius 1 is 1.45 bits per heavy atom. The fourth-order valence-corrected chi connectivity index (χ4v) is 2.02. The number of aliphatic hydroxyl groups is 1. The molecule has 0 unspecified atom stereocenters. The highest BCUT2D eigenvalue weighted by Crippen LogP contribution is 2.36. The zero-order valence-corrected chi connectivity index (χ0v) is 11.5. The number of nitrogens with one attached hydrogen (secondary N) is 2. The molecule has 0 fully saturated rings. The van der Waals surface area contributed by atoms with Crippen molar-refractivity contribution >= 4 is 34.8 Å². The molecule has 0 spiro atoms. The number of carbonyl (C=O) groups excluding carboxylic acids is 2. The number of anilines is 2. The van der Waals surface area contributed by atoms with Gasteiger partial charge in [0, 0.05) is 19.1 Å². The summed E-state index contributed by atoms with van der Waals surface area (Å²) in [6.45, 7) is 0.0128. The highest BCUT2D eigenvalue weighted by atomic mass is 35.5. The molecule has 0 aliphatic carbocycles. The summed E-state index contributed by atoms with van der Waals surface area (Å²) >= 11 is 6.05. The Morgan fingerprint density at radius 3 is 3.00 bits per heavy atom. The molecule has 0 aromatic heterocycles. The van der Waals surface area contributed by atoms with Crippen molar-refractivity contribution in [2.45, 2.75) is 19.3 Å². The third-order valence-corrected chi connectivity index (χ3v) is 3.10. The zero-order chi connectivity index (χ0) is 14.5. The van der Waals surface area contributed by atoms with E-state index in [2.05, 4.69) is 10.6 Å². The Morgan fingerprint density at radius 2 is 2.25 bits per heavy atom. The molecule has 2 amide bonds. The van der Waals surface area contributed by atoms with Crippen molar-refractivity contribution in [3.63, 3.8) is 0 Å². The first-order valence-corrected chi connectivity index (χ1v) is 6.65. The number of fused-ring (bicyclic) bond motifs is 1. The monoisotopic (exact) mass is 298 g/mol.